The molecule has 140 valence electrons. The molecule has 2 atom stereocenters. The zero-order valence-corrected chi connectivity index (χ0v) is 14.6. The number of rotatable bonds is 1. The Balaban J connectivity index is 0.000000701. The topological polar surface area (TPSA) is 55.6 Å². The van der Waals surface area contributed by atoms with Crippen LogP contribution < -0.4 is 10.5 Å². The van der Waals surface area contributed by atoms with Crippen LogP contribution in [0.5, 0.6) is 5.75 Å². The van der Waals surface area contributed by atoms with Gasteiger partial charge < -0.3 is 15.4 Å². The number of nitrogens with two attached hydrogens (primary N) is 1. The third kappa shape index (κ3) is 4.87. The number of hydrogen-bond donors (Lipinski definition) is 1. The van der Waals surface area contributed by atoms with Crippen molar-refractivity contribution in [3.8, 4) is 5.75 Å². The number of alkyl halides is 3. The number of benzene rings is 1. The first-order valence-electron chi connectivity index (χ1n) is 8.63. The summed E-state index contributed by atoms with van der Waals surface area (Å²) in [4.78, 5) is 13.9. The summed E-state index contributed by atoms with van der Waals surface area (Å²) in [7, 11) is 0. The minimum Gasteiger partial charge on any atom is -0.473 e. The van der Waals surface area contributed by atoms with Crippen LogP contribution in [0.3, 0.4) is 0 Å². The Hall–Kier alpha value is -1.76. The number of fused-ring (bicyclic) bond motifs is 1. The van der Waals surface area contributed by atoms with E-state index in [-0.39, 0.29) is 31.1 Å². The van der Waals surface area contributed by atoms with E-state index in [4.69, 9.17) is 10.5 Å². The molecule has 2 aliphatic rings. The lowest BCUT2D eigenvalue weighted by molar-refractivity contribution is -0.140. The zero-order chi connectivity index (χ0) is 18.6. The third-order valence-corrected chi connectivity index (χ3v) is 4.26. The second-order valence-electron chi connectivity index (χ2n) is 6.61. The van der Waals surface area contributed by atoms with Crippen LogP contribution in [0.25, 0.3) is 0 Å². The lowest BCUT2D eigenvalue weighted by Crippen LogP contribution is -2.40. The van der Waals surface area contributed by atoms with Gasteiger partial charge in [-0.1, -0.05) is 20.3 Å². The smallest absolute Gasteiger partial charge is 0.416 e. The summed E-state index contributed by atoms with van der Waals surface area (Å²) in [5, 5.41) is 0. The molecule has 1 fully saturated rings. The van der Waals surface area contributed by atoms with E-state index < -0.39 is 11.7 Å². The van der Waals surface area contributed by atoms with Gasteiger partial charge in [-0.3, -0.25) is 4.79 Å². The third-order valence-electron chi connectivity index (χ3n) is 4.26. The first kappa shape index (κ1) is 19.6. The van der Waals surface area contributed by atoms with Crippen LogP contribution in [0.2, 0.25) is 0 Å². The van der Waals surface area contributed by atoms with Gasteiger partial charge in [0.2, 0.25) is 5.91 Å². The van der Waals surface area contributed by atoms with Crippen molar-refractivity contribution in [3.05, 3.63) is 29.3 Å². The second kappa shape index (κ2) is 8.08. The monoisotopic (exact) mass is 358 g/mol. The minimum absolute atomic E-state index is 0.0313. The van der Waals surface area contributed by atoms with Gasteiger partial charge in [-0.15, -0.1) is 0 Å². The Kier molecular flexibility index (Phi) is 6.32. The van der Waals surface area contributed by atoms with Crippen LogP contribution in [0.4, 0.5) is 13.2 Å². The van der Waals surface area contributed by atoms with Gasteiger partial charge >= 0.3 is 6.18 Å². The van der Waals surface area contributed by atoms with Gasteiger partial charge in [0.25, 0.3) is 0 Å². The molecule has 1 saturated carbocycles. The fourth-order valence-electron chi connectivity index (χ4n) is 3.06. The number of carbonyl (C=O) groups excluding carboxylic acids is 1. The van der Waals surface area contributed by atoms with Gasteiger partial charge in [0.1, 0.15) is 5.75 Å². The molecule has 1 amide bonds. The summed E-state index contributed by atoms with van der Waals surface area (Å²) in [6.45, 7) is 4.47. The average molecular weight is 358 g/mol. The van der Waals surface area contributed by atoms with Crippen LogP contribution in [-0.4, -0.2) is 23.6 Å². The van der Waals surface area contributed by atoms with Crippen molar-refractivity contribution in [1.29, 1.82) is 0 Å². The Labute approximate surface area is 146 Å². The number of hydrogen-bond acceptors (Lipinski definition) is 3. The van der Waals surface area contributed by atoms with Gasteiger partial charge in [0.15, 0.2) is 6.73 Å². The summed E-state index contributed by atoms with van der Waals surface area (Å²) < 4.78 is 43.7. The SMILES string of the molecule is CCC.NC1CCC(C(=O)N2COc3ccc(C(F)(F)F)cc3C2)C1. The highest BCUT2D eigenvalue weighted by molar-refractivity contribution is 5.79. The summed E-state index contributed by atoms with van der Waals surface area (Å²) in [6, 6.07) is 3.39. The minimum atomic E-state index is -4.40. The van der Waals surface area contributed by atoms with Crippen molar-refractivity contribution in [2.24, 2.45) is 11.7 Å². The lowest BCUT2D eigenvalue weighted by Gasteiger charge is -2.31. The maximum Gasteiger partial charge on any atom is 0.416 e. The fraction of sp³-hybridized carbons (Fsp3) is 0.611. The maximum atomic E-state index is 12.8. The molecule has 1 heterocycles. The van der Waals surface area contributed by atoms with Gasteiger partial charge in [-0.2, -0.15) is 13.2 Å². The molecule has 1 aromatic rings. The van der Waals surface area contributed by atoms with Crippen molar-refractivity contribution in [2.75, 3.05) is 6.73 Å². The number of amides is 1. The zero-order valence-electron chi connectivity index (χ0n) is 14.6. The first-order valence-corrected chi connectivity index (χ1v) is 8.63. The molecule has 0 spiro atoms. The van der Waals surface area contributed by atoms with E-state index in [0.717, 1.165) is 25.0 Å². The Morgan fingerprint density at radius 2 is 2.00 bits per heavy atom. The van der Waals surface area contributed by atoms with E-state index >= 15 is 0 Å². The van der Waals surface area contributed by atoms with Gasteiger partial charge in [-0.25, -0.2) is 0 Å². The summed E-state index contributed by atoms with van der Waals surface area (Å²) >= 11 is 0. The highest BCUT2D eigenvalue weighted by Gasteiger charge is 2.35. The number of ether oxygens (including phenoxy) is 1. The summed E-state index contributed by atoms with van der Waals surface area (Å²) in [6.07, 6.45) is -0.990. The molecule has 1 aromatic carbocycles. The Morgan fingerprint density at radius 1 is 1.32 bits per heavy atom. The predicted molar refractivity (Wildman–Crippen MR) is 88.8 cm³/mol. The first-order chi connectivity index (χ1) is 11.8. The molecule has 0 bridgehead atoms. The molecule has 0 aromatic heterocycles. The normalized spacial score (nSPS) is 22.6. The molecular formula is C18H25F3N2O2. The van der Waals surface area contributed by atoms with E-state index in [1.165, 1.54) is 17.4 Å². The standard InChI is InChI=1S/C15H17F3N2O2.C3H8/c16-15(17,18)11-2-4-13-10(5-11)7-20(8-22-13)14(21)9-1-3-12(19)6-9;1-3-2/h2,4-5,9,12H,1,3,6-8,19H2;3H2,1-2H3. The van der Waals surface area contributed by atoms with Crippen molar-refractivity contribution >= 4 is 5.91 Å². The van der Waals surface area contributed by atoms with E-state index in [2.05, 4.69) is 13.8 Å². The van der Waals surface area contributed by atoms with Crippen LogP contribution in [0.15, 0.2) is 18.2 Å². The fourth-order valence-corrected chi connectivity index (χ4v) is 3.06. The number of nitrogens with zero attached hydrogens (tertiary/aromatic N) is 1. The lowest BCUT2D eigenvalue weighted by atomic mass is 10.0. The van der Waals surface area contributed by atoms with E-state index in [0.29, 0.717) is 17.7 Å². The van der Waals surface area contributed by atoms with Crippen molar-refractivity contribution < 1.29 is 22.7 Å². The van der Waals surface area contributed by atoms with Gasteiger partial charge in [0, 0.05) is 17.5 Å². The molecule has 25 heavy (non-hydrogen) atoms. The number of carbonyl (C=O) groups is 1. The molecule has 0 radical (unpaired) electrons. The molecular weight excluding hydrogens is 333 g/mol. The molecule has 0 saturated heterocycles. The van der Waals surface area contributed by atoms with Crippen LogP contribution >= 0.6 is 0 Å². The quantitative estimate of drug-likeness (QED) is 0.828. The Morgan fingerprint density at radius 3 is 2.56 bits per heavy atom. The summed E-state index contributed by atoms with van der Waals surface area (Å²) in [5.74, 6) is 0.169. The molecule has 3 rings (SSSR count). The average Bonchev–Trinajstić information content (AvgIpc) is 2.99. The number of halogens is 3. The van der Waals surface area contributed by atoms with E-state index in [9.17, 15) is 18.0 Å². The van der Waals surface area contributed by atoms with Crippen molar-refractivity contribution in [2.45, 2.75) is 58.3 Å². The van der Waals surface area contributed by atoms with E-state index in [1.54, 1.807) is 0 Å². The van der Waals surface area contributed by atoms with Crippen molar-refractivity contribution in [1.82, 2.24) is 4.90 Å². The van der Waals surface area contributed by atoms with Crippen molar-refractivity contribution in [3.63, 3.8) is 0 Å². The molecule has 2 unspecified atom stereocenters. The molecule has 1 aliphatic carbocycles. The van der Waals surface area contributed by atoms with Crippen LogP contribution in [0, 0.1) is 5.92 Å². The molecule has 2 N–H and O–H groups in total. The highest BCUT2D eigenvalue weighted by Crippen LogP contribution is 2.35. The van der Waals surface area contributed by atoms with Gasteiger partial charge in [-0.05, 0) is 37.5 Å². The Bertz CT molecular complexity index is 604. The van der Waals surface area contributed by atoms with Crippen LogP contribution in [-0.2, 0) is 17.5 Å². The predicted octanol–water partition coefficient (Wildman–Crippen LogP) is 3.93. The maximum absolute atomic E-state index is 12.8. The largest absolute Gasteiger partial charge is 0.473 e. The summed E-state index contributed by atoms with van der Waals surface area (Å²) in [5.41, 5.74) is 5.47. The molecule has 7 heteroatoms. The highest BCUT2D eigenvalue weighted by atomic mass is 19.4. The van der Waals surface area contributed by atoms with Crippen LogP contribution in [0.1, 0.15) is 50.7 Å². The molecule has 1 aliphatic heterocycles. The second-order valence-corrected chi connectivity index (χ2v) is 6.61. The van der Waals surface area contributed by atoms with E-state index in [1.807, 2.05) is 0 Å². The van der Waals surface area contributed by atoms with Gasteiger partial charge in [0.05, 0.1) is 12.1 Å². The molecule has 4 nitrogen and oxygen atoms in total.